The SMILES string of the molecule is CCCCC[C@H]1C=C[C@H](CCCCC[C@H](C(=O)O)[C@H](O)CCCO)CC1. The summed E-state index contributed by atoms with van der Waals surface area (Å²) in [6, 6.07) is 0. The Morgan fingerprint density at radius 2 is 1.58 bits per heavy atom. The van der Waals surface area contributed by atoms with Crippen LogP contribution in [0.25, 0.3) is 0 Å². The number of aliphatic hydroxyl groups is 2. The fraction of sp³-hybridized carbons (Fsp3) is 0.864. The van der Waals surface area contributed by atoms with Gasteiger partial charge >= 0.3 is 5.97 Å². The van der Waals surface area contributed by atoms with E-state index >= 15 is 0 Å². The predicted octanol–water partition coefficient (Wildman–Crippen LogP) is 4.93. The molecule has 0 unspecified atom stereocenters. The van der Waals surface area contributed by atoms with Crippen LogP contribution in [-0.2, 0) is 4.79 Å². The van der Waals surface area contributed by atoms with E-state index in [4.69, 9.17) is 5.11 Å². The lowest BCUT2D eigenvalue weighted by atomic mass is 9.83. The minimum atomic E-state index is -0.917. The summed E-state index contributed by atoms with van der Waals surface area (Å²) in [5.74, 6) is -0.128. The van der Waals surface area contributed by atoms with E-state index < -0.39 is 18.0 Å². The lowest BCUT2D eigenvalue weighted by molar-refractivity contribution is -0.146. The van der Waals surface area contributed by atoms with Gasteiger partial charge < -0.3 is 15.3 Å². The van der Waals surface area contributed by atoms with Gasteiger partial charge in [-0.1, -0.05) is 57.6 Å². The van der Waals surface area contributed by atoms with Gasteiger partial charge in [0, 0.05) is 6.61 Å². The van der Waals surface area contributed by atoms with Crippen molar-refractivity contribution in [1.82, 2.24) is 0 Å². The van der Waals surface area contributed by atoms with Gasteiger partial charge in [-0.3, -0.25) is 4.79 Å². The monoisotopic (exact) mass is 368 g/mol. The molecule has 1 rings (SSSR count). The van der Waals surface area contributed by atoms with Crippen LogP contribution in [0.2, 0.25) is 0 Å². The first-order valence-electron chi connectivity index (χ1n) is 10.8. The first-order chi connectivity index (χ1) is 12.6. The topological polar surface area (TPSA) is 77.8 Å². The molecule has 1 aliphatic carbocycles. The van der Waals surface area contributed by atoms with Gasteiger partial charge in [-0.05, 0) is 56.8 Å². The van der Waals surface area contributed by atoms with Crippen molar-refractivity contribution in [2.75, 3.05) is 6.61 Å². The number of hydrogen-bond acceptors (Lipinski definition) is 3. The van der Waals surface area contributed by atoms with Crippen LogP contribution >= 0.6 is 0 Å². The van der Waals surface area contributed by atoms with Crippen LogP contribution in [-0.4, -0.2) is 34.0 Å². The lowest BCUT2D eigenvalue weighted by Gasteiger charge is -2.23. The van der Waals surface area contributed by atoms with Crippen LogP contribution in [0.15, 0.2) is 12.2 Å². The molecule has 0 aromatic carbocycles. The number of carboxylic acids is 1. The molecule has 4 atom stereocenters. The number of aliphatic hydroxyl groups excluding tert-OH is 2. The molecule has 0 spiro atoms. The lowest BCUT2D eigenvalue weighted by Crippen LogP contribution is -2.28. The summed E-state index contributed by atoms with van der Waals surface area (Å²) in [4.78, 5) is 11.3. The highest BCUT2D eigenvalue weighted by molar-refractivity contribution is 5.70. The summed E-state index contributed by atoms with van der Waals surface area (Å²) >= 11 is 0. The van der Waals surface area contributed by atoms with E-state index in [1.54, 1.807) is 0 Å². The number of hydrogen-bond donors (Lipinski definition) is 3. The van der Waals surface area contributed by atoms with Gasteiger partial charge in [0.1, 0.15) is 0 Å². The Morgan fingerprint density at radius 3 is 2.08 bits per heavy atom. The molecule has 0 aromatic rings. The third kappa shape index (κ3) is 9.72. The Hall–Kier alpha value is -0.870. The Balaban J connectivity index is 2.16. The minimum Gasteiger partial charge on any atom is -0.481 e. The molecule has 4 nitrogen and oxygen atoms in total. The Morgan fingerprint density at radius 1 is 0.962 bits per heavy atom. The molecule has 0 aliphatic heterocycles. The fourth-order valence-electron chi connectivity index (χ4n) is 4.00. The molecule has 0 amide bonds. The summed E-state index contributed by atoms with van der Waals surface area (Å²) in [5, 5.41) is 28.1. The van der Waals surface area contributed by atoms with Crippen molar-refractivity contribution >= 4 is 5.97 Å². The molecule has 3 N–H and O–H groups in total. The second-order valence-electron chi connectivity index (χ2n) is 7.99. The second-order valence-corrected chi connectivity index (χ2v) is 7.99. The van der Waals surface area contributed by atoms with Crippen LogP contribution in [0.5, 0.6) is 0 Å². The summed E-state index contributed by atoms with van der Waals surface area (Å²) in [7, 11) is 0. The predicted molar refractivity (Wildman–Crippen MR) is 106 cm³/mol. The maximum absolute atomic E-state index is 11.3. The maximum atomic E-state index is 11.3. The van der Waals surface area contributed by atoms with Gasteiger partial charge in [-0.25, -0.2) is 0 Å². The van der Waals surface area contributed by atoms with Crippen molar-refractivity contribution in [2.45, 2.75) is 96.5 Å². The normalized spacial score (nSPS) is 22.3. The number of aliphatic carboxylic acids is 1. The van der Waals surface area contributed by atoms with Crippen molar-refractivity contribution in [2.24, 2.45) is 17.8 Å². The van der Waals surface area contributed by atoms with Crippen LogP contribution in [0.3, 0.4) is 0 Å². The zero-order valence-electron chi connectivity index (χ0n) is 16.6. The largest absolute Gasteiger partial charge is 0.481 e. The molecule has 0 radical (unpaired) electrons. The average molecular weight is 369 g/mol. The van der Waals surface area contributed by atoms with Gasteiger partial charge in [0.15, 0.2) is 0 Å². The molecule has 4 heteroatoms. The molecular weight excluding hydrogens is 328 g/mol. The van der Waals surface area contributed by atoms with Gasteiger partial charge in [-0.15, -0.1) is 0 Å². The molecule has 0 saturated heterocycles. The van der Waals surface area contributed by atoms with Crippen molar-refractivity contribution in [3.05, 3.63) is 12.2 Å². The number of allylic oxidation sites excluding steroid dienone is 2. The van der Waals surface area contributed by atoms with Crippen LogP contribution in [0.1, 0.15) is 90.4 Å². The molecule has 0 heterocycles. The number of rotatable bonds is 15. The molecular formula is C22H40O4. The molecule has 0 aromatic heterocycles. The van der Waals surface area contributed by atoms with E-state index in [1.807, 2.05) is 0 Å². The summed E-state index contributed by atoms with van der Waals surface area (Å²) < 4.78 is 0. The number of unbranched alkanes of at least 4 members (excludes halogenated alkanes) is 4. The standard InChI is InChI=1S/C22H40O4/c1-2-3-5-9-18-13-15-19(16-14-18)10-6-4-7-11-20(22(25)26)21(24)12-8-17-23/h13,15,18-21,23-24H,2-12,14,16-17H2,1H3,(H,25,26)/t18-,19-,20-,21+/m0/s1. The molecule has 0 bridgehead atoms. The van der Waals surface area contributed by atoms with Crippen molar-refractivity contribution in [3.63, 3.8) is 0 Å². The highest BCUT2D eigenvalue weighted by Gasteiger charge is 2.25. The van der Waals surface area contributed by atoms with Crippen LogP contribution in [0.4, 0.5) is 0 Å². The van der Waals surface area contributed by atoms with Gasteiger partial charge in [0.25, 0.3) is 0 Å². The number of carboxylic acid groups (broad SMARTS) is 1. The summed E-state index contributed by atoms with van der Waals surface area (Å²) in [6.07, 6.45) is 17.5. The van der Waals surface area contributed by atoms with Gasteiger partial charge in [0.2, 0.25) is 0 Å². The Labute approximate surface area is 159 Å². The third-order valence-electron chi connectivity index (χ3n) is 5.77. The molecule has 152 valence electrons. The fourth-order valence-corrected chi connectivity index (χ4v) is 4.00. The highest BCUT2D eigenvalue weighted by atomic mass is 16.4. The van der Waals surface area contributed by atoms with E-state index in [9.17, 15) is 15.0 Å². The van der Waals surface area contributed by atoms with Crippen molar-refractivity contribution < 1.29 is 20.1 Å². The zero-order valence-corrected chi connectivity index (χ0v) is 16.6. The second kappa shape index (κ2) is 14.2. The third-order valence-corrected chi connectivity index (χ3v) is 5.77. The summed E-state index contributed by atoms with van der Waals surface area (Å²) in [6.45, 7) is 2.25. The van der Waals surface area contributed by atoms with E-state index in [2.05, 4.69) is 19.1 Å². The Kier molecular flexibility index (Phi) is 12.7. The van der Waals surface area contributed by atoms with Gasteiger partial charge in [-0.2, -0.15) is 0 Å². The molecule has 0 saturated carbocycles. The summed E-state index contributed by atoms with van der Waals surface area (Å²) in [5.41, 5.74) is 0. The van der Waals surface area contributed by atoms with Gasteiger partial charge in [0.05, 0.1) is 12.0 Å². The van der Waals surface area contributed by atoms with E-state index in [-0.39, 0.29) is 6.61 Å². The molecule has 1 aliphatic rings. The maximum Gasteiger partial charge on any atom is 0.309 e. The van der Waals surface area contributed by atoms with Crippen LogP contribution < -0.4 is 0 Å². The van der Waals surface area contributed by atoms with E-state index in [0.717, 1.165) is 25.2 Å². The highest BCUT2D eigenvalue weighted by Crippen LogP contribution is 2.29. The number of carbonyl (C=O) groups is 1. The molecule has 0 fully saturated rings. The first kappa shape index (κ1) is 23.2. The van der Waals surface area contributed by atoms with E-state index in [1.165, 1.54) is 44.9 Å². The molecule has 26 heavy (non-hydrogen) atoms. The average Bonchev–Trinajstić information content (AvgIpc) is 2.63. The first-order valence-corrected chi connectivity index (χ1v) is 10.8. The minimum absolute atomic E-state index is 0.00222. The van der Waals surface area contributed by atoms with E-state index in [0.29, 0.717) is 25.2 Å². The quantitative estimate of drug-likeness (QED) is 0.283. The van der Waals surface area contributed by atoms with Crippen LogP contribution in [0, 0.1) is 17.8 Å². The Bertz CT molecular complexity index is 394. The zero-order chi connectivity index (χ0) is 19.2. The van der Waals surface area contributed by atoms with Crippen molar-refractivity contribution in [3.8, 4) is 0 Å². The van der Waals surface area contributed by atoms with Crippen molar-refractivity contribution in [1.29, 1.82) is 0 Å². The smallest absolute Gasteiger partial charge is 0.309 e.